The Kier molecular flexibility index (Phi) is 3.03. The average molecular weight is 220 g/mol. The molecule has 0 saturated heterocycles. The van der Waals surface area contributed by atoms with E-state index in [4.69, 9.17) is 5.73 Å². The SMILES string of the molecule is CC1=C(C)N(c2ccccc2CN)CS1. The van der Waals surface area contributed by atoms with Crippen molar-refractivity contribution in [3.05, 3.63) is 40.4 Å². The fourth-order valence-electron chi connectivity index (χ4n) is 1.75. The monoisotopic (exact) mass is 220 g/mol. The molecule has 1 aliphatic heterocycles. The Labute approximate surface area is 95.1 Å². The van der Waals surface area contributed by atoms with E-state index in [9.17, 15) is 0 Å². The van der Waals surface area contributed by atoms with Gasteiger partial charge in [-0.15, -0.1) is 11.8 Å². The molecule has 1 aliphatic rings. The Bertz CT molecular complexity index is 398. The van der Waals surface area contributed by atoms with Crippen LogP contribution in [0.2, 0.25) is 0 Å². The number of hydrogen-bond donors (Lipinski definition) is 1. The maximum Gasteiger partial charge on any atom is 0.0729 e. The second-order valence-corrected chi connectivity index (χ2v) is 4.84. The summed E-state index contributed by atoms with van der Waals surface area (Å²) < 4.78 is 0. The third-order valence-corrected chi connectivity index (χ3v) is 3.94. The van der Waals surface area contributed by atoms with E-state index in [0.717, 1.165) is 5.88 Å². The molecule has 1 aromatic carbocycles. The summed E-state index contributed by atoms with van der Waals surface area (Å²) in [4.78, 5) is 3.74. The highest BCUT2D eigenvalue weighted by atomic mass is 32.2. The van der Waals surface area contributed by atoms with E-state index in [-0.39, 0.29) is 0 Å². The summed E-state index contributed by atoms with van der Waals surface area (Å²) in [7, 11) is 0. The third-order valence-electron chi connectivity index (χ3n) is 2.83. The lowest BCUT2D eigenvalue weighted by Gasteiger charge is -2.22. The molecular weight excluding hydrogens is 204 g/mol. The van der Waals surface area contributed by atoms with E-state index in [2.05, 4.69) is 36.9 Å². The van der Waals surface area contributed by atoms with Gasteiger partial charge in [0, 0.05) is 22.8 Å². The molecule has 2 nitrogen and oxygen atoms in total. The van der Waals surface area contributed by atoms with Crippen LogP contribution in [0.1, 0.15) is 19.4 Å². The molecule has 15 heavy (non-hydrogen) atoms. The van der Waals surface area contributed by atoms with Gasteiger partial charge in [0.2, 0.25) is 0 Å². The fraction of sp³-hybridized carbons (Fsp3) is 0.333. The molecule has 3 heteroatoms. The van der Waals surface area contributed by atoms with Crippen molar-refractivity contribution in [2.45, 2.75) is 20.4 Å². The number of nitrogens with two attached hydrogens (primary N) is 1. The normalized spacial score (nSPS) is 16.3. The summed E-state index contributed by atoms with van der Waals surface area (Å²) in [6.07, 6.45) is 0. The van der Waals surface area contributed by atoms with Crippen LogP contribution in [0.25, 0.3) is 0 Å². The summed E-state index contributed by atoms with van der Waals surface area (Å²) in [5, 5.41) is 0. The van der Waals surface area contributed by atoms with E-state index in [0.29, 0.717) is 6.54 Å². The quantitative estimate of drug-likeness (QED) is 0.831. The maximum atomic E-state index is 5.75. The molecule has 0 saturated carbocycles. The Hall–Kier alpha value is -0.930. The second-order valence-electron chi connectivity index (χ2n) is 3.68. The third kappa shape index (κ3) is 1.90. The van der Waals surface area contributed by atoms with Crippen LogP contribution >= 0.6 is 11.8 Å². The van der Waals surface area contributed by atoms with Crippen molar-refractivity contribution in [3.63, 3.8) is 0 Å². The Morgan fingerprint density at radius 3 is 2.67 bits per heavy atom. The minimum absolute atomic E-state index is 0.601. The van der Waals surface area contributed by atoms with Crippen LogP contribution in [-0.4, -0.2) is 5.88 Å². The Morgan fingerprint density at radius 2 is 2.07 bits per heavy atom. The summed E-state index contributed by atoms with van der Waals surface area (Å²) in [6, 6.07) is 8.35. The van der Waals surface area contributed by atoms with Crippen LogP contribution < -0.4 is 10.6 Å². The molecule has 0 spiro atoms. The van der Waals surface area contributed by atoms with Gasteiger partial charge in [-0.3, -0.25) is 0 Å². The van der Waals surface area contributed by atoms with E-state index < -0.39 is 0 Å². The number of allylic oxidation sites excluding steroid dienone is 2. The number of nitrogens with zero attached hydrogens (tertiary/aromatic N) is 1. The molecule has 0 unspecified atom stereocenters. The molecule has 0 amide bonds. The van der Waals surface area contributed by atoms with Crippen LogP contribution in [0.5, 0.6) is 0 Å². The molecule has 0 fully saturated rings. The van der Waals surface area contributed by atoms with Gasteiger partial charge >= 0.3 is 0 Å². The zero-order valence-electron chi connectivity index (χ0n) is 9.16. The molecule has 2 rings (SSSR count). The molecule has 0 aliphatic carbocycles. The standard InChI is InChI=1S/C12H16N2S/c1-9-10(2)15-8-14(9)12-6-4-3-5-11(12)7-13/h3-6H,7-8,13H2,1-2H3. The van der Waals surface area contributed by atoms with Gasteiger partial charge in [0.15, 0.2) is 0 Å². The van der Waals surface area contributed by atoms with Crippen molar-refractivity contribution in [3.8, 4) is 0 Å². The Balaban J connectivity index is 2.38. The van der Waals surface area contributed by atoms with Gasteiger partial charge in [0.25, 0.3) is 0 Å². The molecule has 0 bridgehead atoms. The van der Waals surface area contributed by atoms with Crippen molar-refractivity contribution in [1.29, 1.82) is 0 Å². The van der Waals surface area contributed by atoms with Crippen LogP contribution in [0.3, 0.4) is 0 Å². The Morgan fingerprint density at radius 1 is 1.33 bits per heavy atom. The zero-order valence-corrected chi connectivity index (χ0v) is 9.97. The molecule has 0 aromatic heterocycles. The van der Waals surface area contributed by atoms with Crippen LogP contribution in [-0.2, 0) is 6.54 Å². The first kappa shape index (κ1) is 10.6. The van der Waals surface area contributed by atoms with Crippen LogP contribution in [0.15, 0.2) is 34.9 Å². The van der Waals surface area contributed by atoms with Crippen molar-refractivity contribution in [2.24, 2.45) is 5.73 Å². The summed E-state index contributed by atoms with van der Waals surface area (Å²) >= 11 is 1.89. The second kappa shape index (κ2) is 4.29. The largest absolute Gasteiger partial charge is 0.334 e. The lowest BCUT2D eigenvalue weighted by molar-refractivity contribution is 1.01. The van der Waals surface area contributed by atoms with Gasteiger partial charge < -0.3 is 10.6 Å². The average Bonchev–Trinajstić information content (AvgIpc) is 2.60. The van der Waals surface area contributed by atoms with Crippen molar-refractivity contribution in [1.82, 2.24) is 0 Å². The highest BCUT2D eigenvalue weighted by molar-refractivity contribution is 8.03. The molecule has 80 valence electrons. The highest BCUT2D eigenvalue weighted by Gasteiger charge is 2.19. The summed E-state index contributed by atoms with van der Waals surface area (Å²) in [5.74, 6) is 1.01. The number of anilines is 1. The maximum absolute atomic E-state index is 5.75. The molecular formula is C12H16N2S. The lowest BCUT2D eigenvalue weighted by Crippen LogP contribution is -2.18. The first-order chi connectivity index (χ1) is 7.24. The minimum atomic E-state index is 0.601. The van der Waals surface area contributed by atoms with E-state index in [1.807, 2.05) is 17.8 Å². The van der Waals surface area contributed by atoms with Gasteiger partial charge in [0.05, 0.1) is 5.88 Å². The van der Waals surface area contributed by atoms with Gasteiger partial charge in [0.1, 0.15) is 0 Å². The topological polar surface area (TPSA) is 29.3 Å². The van der Waals surface area contributed by atoms with Crippen LogP contribution in [0.4, 0.5) is 5.69 Å². The van der Waals surface area contributed by atoms with Gasteiger partial charge in [-0.25, -0.2) is 0 Å². The number of rotatable bonds is 2. The van der Waals surface area contributed by atoms with E-state index in [1.54, 1.807) is 0 Å². The first-order valence-corrected chi connectivity index (χ1v) is 6.08. The number of benzene rings is 1. The molecule has 0 radical (unpaired) electrons. The fourth-order valence-corrected chi connectivity index (χ4v) is 2.72. The van der Waals surface area contributed by atoms with Crippen molar-refractivity contribution >= 4 is 17.4 Å². The van der Waals surface area contributed by atoms with Crippen molar-refractivity contribution < 1.29 is 0 Å². The first-order valence-electron chi connectivity index (χ1n) is 5.10. The highest BCUT2D eigenvalue weighted by Crippen LogP contribution is 2.36. The predicted molar refractivity (Wildman–Crippen MR) is 67.6 cm³/mol. The molecule has 1 aromatic rings. The van der Waals surface area contributed by atoms with Crippen molar-refractivity contribution in [2.75, 3.05) is 10.8 Å². The van der Waals surface area contributed by atoms with E-state index >= 15 is 0 Å². The minimum Gasteiger partial charge on any atom is -0.334 e. The number of hydrogen-bond acceptors (Lipinski definition) is 3. The lowest BCUT2D eigenvalue weighted by atomic mass is 10.1. The molecule has 1 heterocycles. The predicted octanol–water partition coefficient (Wildman–Crippen LogP) is 2.91. The molecule has 0 atom stereocenters. The number of para-hydroxylation sites is 1. The summed E-state index contributed by atoms with van der Waals surface area (Å²) in [5.41, 5.74) is 9.56. The van der Waals surface area contributed by atoms with Crippen LogP contribution in [0, 0.1) is 0 Å². The summed E-state index contributed by atoms with van der Waals surface area (Å²) in [6.45, 7) is 4.94. The van der Waals surface area contributed by atoms with Gasteiger partial charge in [-0.05, 0) is 25.5 Å². The van der Waals surface area contributed by atoms with Gasteiger partial charge in [-0.2, -0.15) is 0 Å². The zero-order chi connectivity index (χ0) is 10.8. The smallest absolute Gasteiger partial charge is 0.0729 e. The van der Waals surface area contributed by atoms with Gasteiger partial charge in [-0.1, -0.05) is 18.2 Å². The number of thioether (sulfide) groups is 1. The van der Waals surface area contributed by atoms with E-state index in [1.165, 1.54) is 21.9 Å². The molecule has 2 N–H and O–H groups in total.